The lowest BCUT2D eigenvalue weighted by Crippen LogP contribution is -2.47. The molecule has 0 spiro atoms. The first kappa shape index (κ1) is 21.8. The molecule has 5 rings (SSSR count). The summed E-state index contributed by atoms with van der Waals surface area (Å²) in [5.41, 5.74) is 4.29. The summed E-state index contributed by atoms with van der Waals surface area (Å²) in [7, 11) is -3.91. The molecule has 0 amide bonds. The number of Topliss-reactive ketones (excluding diaryl/α,β-unsaturated/α-hetero) is 2. The maximum Gasteiger partial charge on any atom is 0.257 e. The average molecular weight is 463 g/mol. The van der Waals surface area contributed by atoms with Gasteiger partial charge < -0.3 is 0 Å². The van der Waals surface area contributed by atoms with Gasteiger partial charge in [0.05, 0.1) is 4.90 Å². The summed E-state index contributed by atoms with van der Waals surface area (Å²) in [4.78, 5) is 29.3. The van der Waals surface area contributed by atoms with Gasteiger partial charge in [0.25, 0.3) is 10.0 Å². The van der Waals surface area contributed by atoms with Gasteiger partial charge in [-0.05, 0) is 50.3 Å². The van der Waals surface area contributed by atoms with Crippen molar-refractivity contribution in [1.82, 2.24) is 9.84 Å². The van der Waals surface area contributed by atoms with Gasteiger partial charge in [-0.3, -0.25) is 14.6 Å². The van der Waals surface area contributed by atoms with E-state index >= 15 is 0 Å². The van der Waals surface area contributed by atoms with Gasteiger partial charge in [-0.2, -0.15) is 0 Å². The molecule has 0 radical (unpaired) electrons. The highest BCUT2D eigenvalue weighted by atomic mass is 32.2. The fraction of sp³-hybridized carbons (Fsp3) is 0.308. The van der Waals surface area contributed by atoms with Crippen LogP contribution in [0.15, 0.2) is 82.0 Å². The zero-order chi connectivity index (χ0) is 23.2. The van der Waals surface area contributed by atoms with Gasteiger partial charge in [0.1, 0.15) is 0 Å². The van der Waals surface area contributed by atoms with Crippen molar-refractivity contribution in [3.05, 3.63) is 88.3 Å². The number of carbonyl (C=O) groups excluding carboxylic acids is 2. The molecule has 1 aliphatic heterocycles. The first-order valence-corrected chi connectivity index (χ1v) is 12.8. The minimum Gasteiger partial charge on any atom is -0.294 e. The van der Waals surface area contributed by atoms with E-state index in [2.05, 4.69) is 4.83 Å². The zero-order valence-electron chi connectivity index (χ0n) is 18.5. The van der Waals surface area contributed by atoms with E-state index in [1.807, 2.05) is 37.3 Å². The molecule has 2 aromatic carbocycles. The number of nitrogens with zero attached hydrogens (tertiary/aromatic N) is 1. The third kappa shape index (κ3) is 3.85. The predicted molar refractivity (Wildman–Crippen MR) is 124 cm³/mol. The Bertz CT molecular complexity index is 1250. The lowest BCUT2D eigenvalue weighted by Gasteiger charge is -2.43. The van der Waals surface area contributed by atoms with Crippen LogP contribution in [0.3, 0.4) is 0 Å². The van der Waals surface area contributed by atoms with E-state index in [1.165, 1.54) is 0 Å². The van der Waals surface area contributed by atoms with Gasteiger partial charge in [-0.1, -0.05) is 48.0 Å². The van der Waals surface area contributed by atoms with Gasteiger partial charge in [0, 0.05) is 41.3 Å². The largest absolute Gasteiger partial charge is 0.294 e. The van der Waals surface area contributed by atoms with E-state index in [1.54, 1.807) is 29.3 Å². The SMILES string of the molecule is Cc1ccc(S(=O)(=O)NN2C3=C(C(=O)CCC3)C(c3ccccc3)C3=C2CCCC3=O)cc1. The van der Waals surface area contributed by atoms with Gasteiger partial charge >= 0.3 is 0 Å². The number of aryl methyl sites for hydroxylation is 1. The predicted octanol–water partition coefficient (Wildman–Crippen LogP) is 4.30. The number of hydrazine groups is 1. The van der Waals surface area contributed by atoms with Crippen molar-refractivity contribution >= 4 is 21.6 Å². The van der Waals surface area contributed by atoms with Crippen molar-refractivity contribution in [1.29, 1.82) is 0 Å². The molecule has 0 bridgehead atoms. The molecule has 33 heavy (non-hydrogen) atoms. The molecule has 0 atom stereocenters. The molecule has 170 valence electrons. The Morgan fingerprint density at radius 2 is 1.33 bits per heavy atom. The summed E-state index contributed by atoms with van der Waals surface area (Å²) < 4.78 is 26.6. The zero-order valence-corrected chi connectivity index (χ0v) is 19.3. The first-order valence-electron chi connectivity index (χ1n) is 11.3. The third-order valence-corrected chi connectivity index (χ3v) is 7.97. The van der Waals surface area contributed by atoms with Crippen molar-refractivity contribution in [3.8, 4) is 0 Å². The van der Waals surface area contributed by atoms with Crippen molar-refractivity contribution in [2.75, 3.05) is 0 Å². The average Bonchev–Trinajstić information content (AvgIpc) is 2.81. The number of hydrogen-bond donors (Lipinski definition) is 1. The molecule has 0 unspecified atom stereocenters. The normalized spacial score (nSPS) is 19.6. The van der Waals surface area contributed by atoms with Crippen LogP contribution in [0.25, 0.3) is 0 Å². The van der Waals surface area contributed by atoms with Gasteiger partial charge in [-0.15, -0.1) is 4.83 Å². The molecule has 2 aliphatic carbocycles. The second-order valence-corrected chi connectivity index (χ2v) is 10.5. The number of ketones is 2. The van der Waals surface area contributed by atoms with Crippen LogP contribution in [0.5, 0.6) is 0 Å². The fourth-order valence-electron chi connectivity index (χ4n) is 5.10. The van der Waals surface area contributed by atoms with Crippen LogP contribution >= 0.6 is 0 Å². The standard InChI is InChI=1S/C26H26N2O4S/c1-17-13-15-19(16-14-17)33(31,32)27-28-20-9-5-11-22(29)25(20)24(18-7-3-2-4-8-18)26-21(28)10-6-12-23(26)30/h2-4,7-8,13-16,24,27H,5-6,9-12H2,1H3. The second kappa shape index (κ2) is 8.39. The minimum atomic E-state index is -3.91. The summed E-state index contributed by atoms with van der Waals surface area (Å²) in [6.07, 6.45) is 3.25. The summed E-state index contributed by atoms with van der Waals surface area (Å²) in [6, 6.07) is 16.2. The van der Waals surface area contributed by atoms with E-state index in [9.17, 15) is 18.0 Å². The van der Waals surface area contributed by atoms with E-state index in [4.69, 9.17) is 0 Å². The Kier molecular flexibility index (Phi) is 5.54. The molecule has 6 nitrogen and oxygen atoms in total. The summed E-state index contributed by atoms with van der Waals surface area (Å²) in [5.74, 6) is -0.485. The molecule has 0 aromatic heterocycles. The van der Waals surface area contributed by atoms with E-state index in [0.29, 0.717) is 61.1 Å². The smallest absolute Gasteiger partial charge is 0.257 e. The molecular formula is C26H26N2O4S. The Labute approximate surface area is 194 Å². The van der Waals surface area contributed by atoms with Crippen molar-refractivity contribution in [2.24, 2.45) is 0 Å². The van der Waals surface area contributed by atoms with E-state index in [0.717, 1.165) is 11.1 Å². The topological polar surface area (TPSA) is 83.6 Å². The van der Waals surface area contributed by atoms with Crippen LogP contribution in [0.4, 0.5) is 0 Å². The maximum atomic E-state index is 13.3. The van der Waals surface area contributed by atoms with Crippen molar-refractivity contribution in [2.45, 2.75) is 56.3 Å². The Morgan fingerprint density at radius 1 is 0.788 bits per heavy atom. The van der Waals surface area contributed by atoms with Crippen molar-refractivity contribution < 1.29 is 18.0 Å². The summed E-state index contributed by atoms with van der Waals surface area (Å²) in [6.45, 7) is 1.90. The Balaban J connectivity index is 1.68. The number of sulfonamides is 1. The molecule has 3 aliphatic rings. The number of benzene rings is 2. The van der Waals surface area contributed by atoms with E-state index in [-0.39, 0.29) is 16.5 Å². The number of allylic oxidation sites excluding steroid dienone is 4. The van der Waals surface area contributed by atoms with Crippen LogP contribution in [-0.4, -0.2) is 25.0 Å². The maximum absolute atomic E-state index is 13.3. The quantitative estimate of drug-likeness (QED) is 0.732. The van der Waals surface area contributed by atoms with Crippen LogP contribution in [0.1, 0.15) is 55.6 Å². The van der Waals surface area contributed by atoms with Gasteiger partial charge in [-0.25, -0.2) is 8.42 Å². The van der Waals surface area contributed by atoms with Crippen LogP contribution in [-0.2, 0) is 19.6 Å². The molecule has 0 saturated heterocycles. The number of hydrogen-bond acceptors (Lipinski definition) is 5. The lowest BCUT2D eigenvalue weighted by molar-refractivity contribution is -0.117. The third-order valence-electron chi connectivity index (χ3n) is 6.65. The Morgan fingerprint density at radius 3 is 1.88 bits per heavy atom. The first-order chi connectivity index (χ1) is 15.9. The Hall–Kier alpha value is -3.03. The highest BCUT2D eigenvalue weighted by Crippen LogP contribution is 2.48. The molecule has 0 fully saturated rings. The minimum absolute atomic E-state index is 0.0189. The second-order valence-electron chi connectivity index (χ2n) is 8.86. The highest BCUT2D eigenvalue weighted by Gasteiger charge is 2.44. The summed E-state index contributed by atoms with van der Waals surface area (Å²) >= 11 is 0. The highest BCUT2D eigenvalue weighted by molar-refractivity contribution is 7.89. The molecule has 2 aromatic rings. The number of rotatable bonds is 4. The molecule has 7 heteroatoms. The summed E-state index contributed by atoms with van der Waals surface area (Å²) in [5, 5.41) is 1.55. The van der Waals surface area contributed by atoms with E-state index < -0.39 is 15.9 Å². The molecule has 1 heterocycles. The fourth-order valence-corrected chi connectivity index (χ4v) is 6.16. The molecule has 1 N–H and O–H groups in total. The van der Waals surface area contributed by atoms with Crippen LogP contribution < -0.4 is 4.83 Å². The van der Waals surface area contributed by atoms with Gasteiger partial charge in [0.15, 0.2) is 11.6 Å². The number of carbonyl (C=O) groups is 2. The lowest BCUT2D eigenvalue weighted by atomic mass is 9.71. The van der Waals surface area contributed by atoms with Gasteiger partial charge in [0.2, 0.25) is 0 Å². The number of nitrogens with one attached hydrogen (secondary N) is 1. The van der Waals surface area contributed by atoms with Crippen LogP contribution in [0, 0.1) is 6.92 Å². The monoisotopic (exact) mass is 462 g/mol. The molecule has 0 saturated carbocycles. The van der Waals surface area contributed by atoms with Crippen LogP contribution in [0.2, 0.25) is 0 Å². The molecular weight excluding hydrogens is 436 g/mol. The van der Waals surface area contributed by atoms with Crippen molar-refractivity contribution in [3.63, 3.8) is 0 Å².